The first kappa shape index (κ1) is 24.9. The molecule has 0 radical (unpaired) electrons. The molecule has 4 nitrogen and oxygen atoms in total. The third-order valence-electron chi connectivity index (χ3n) is 4.04. The predicted molar refractivity (Wildman–Crippen MR) is 108 cm³/mol. The van der Waals surface area contributed by atoms with Crippen LogP contribution in [0.3, 0.4) is 0 Å². The molecule has 0 aliphatic carbocycles. The van der Waals surface area contributed by atoms with E-state index >= 15 is 0 Å². The zero-order valence-corrected chi connectivity index (χ0v) is 17.0. The Bertz CT molecular complexity index is 337. The summed E-state index contributed by atoms with van der Waals surface area (Å²) in [5.41, 5.74) is 0. The molecule has 0 rings (SSSR count). The van der Waals surface area contributed by atoms with Crippen LogP contribution in [0.15, 0.2) is 24.3 Å². The molecular formula is C22H40O4. The van der Waals surface area contributed by atoms with Crippen molar-refractivity contribution in [2.24, 2.45) is 0 Å². The van der Waals surface area contributed by atoms with Crippen molar-refractivity contribution in [1.29, 1.82) is 0 Å². The highest BCUT2D eigenvalue weighted by atomic mass is 16.7. The summed E-state index contributed by atoms with van der Waals surface area (Å²) in [7, 11) is 0. The highest BCUT2D eigenvalue weighted by Crippen LogP contribution is 2.10. The van der Waals surface area contributed by atoms with Crippen LogP contribution < -0.4 is 0 Å². The number of unbranched alkanes of at least 4 members (excludes halogenated alkanes) is 6. The molecule has 0 fully saturated rings. The third kappa shape index (κ3) is 19.2. The third-order valence-corrected chi connectivity index (χ3v) is 4.04. The fourth-order valence-corrected chi connectivity index (χ4v) is 2.54. The lowest BCUT2D eigenvalue weighted by molar-refractivity contribution is -0.156. The molecule has 1 N–H and O–H groups in total. The molecule has 4 heteroatoms. The van der Waals surface area contributed by atoms with Crippen molar-refractivity contribution >= 4 is 5.97 Å². The van der Waals surface area contributed by atoms with Crippen LogP contribution in [-0.2, 0) is 14.3 Å². The van der Waals surface area contributed by atoms with E-state index in [2.05, 4.69) is 38.2 Å². The first-order valence-corrected chi connectivity index (χ1v) is 10.5. The fraction of sp³-hybridized carbons (Fsp3) is 0.773. The maximum absolute atomic E-state index is 10.8. The van der Waals surface area contributed by atoms with Gasteiger partial charge in [0.15, 0.2) is 6.29 Å². The zero-order chi connectivity index (χ0) is 19.3. The Hall–Kier alpha value is -1.13. The number of ether oxygens (including phenoxy) is 2. The Morgan fingerprint density at radius 1 is 0.808 bits per heavy atom. The minimum atomic E-state index is -0.798. The number of hydrogen-bond donors (Lipinski definition) is 1. The standard InChI is InChI=1S/C22H40O4/c1-3-5-7-9-11-13-15-19-25-22(18-17-21(23)24)26-20-16-14-12-10-8-6-4-2/h5-8,22H,3-4,9-20H2,1-2H3,(H,23,24)/b7-5-,8-6-. The number of carbonyl (C=O) groups is 1. The maximum atomic E-state index is 10.8. The minimum Gasteiger partial charge on any atom is -0.481 e. The summed E-state index contributed by atoms with van der Waals surface area (Å²) in [4.78, 5) is 10.8. The van der Waals surface area contributed by atoms with Crippen LogP contribution >= 0.6 is 0 Å². The Kier molecular flexibility index (Phi) is 19.3. The Balaban J connectivity index is 3.78. The topological polar surface area (TPSA) is 55.8 Å². The highest BCUT2D eigenvalue weighted by Gasteiger charge is 2.11. The van der Waals surface area contributed by atoms with Gasteiger partial charge in [0.05, 0.1) is 6.42 Å². The summed E-state index contributed by atoms with van der Waals surface area (Å²) >= 11 is 0. The molecule has 0 aliphatic rings. The molecule has 0 atom stereocenters. The smallest absolute Gasteiger partial charge is 0.303 e. The molecule has 0 saturated carbocycles. The van der Waals surface area contributed by atoms with Crippen molar-refractivity contribution in [3.63, 3.8) is 0 Å². The van der Waals surface area contributed by atoms with Crippen LogP contribution in [0.1, 0.15) is 90.9 Å². The number of carboxylic acids is 1. The van der Waals surface area contributed by atoms with Gasteiger partial charge in [0.25, 0.3) is 0 Å². The average molecular weight is 369 g/mol. The minimum absolute atomic E-state index is 0.0916. The summed E-state index contributed by atoms with van der Waals surface area (Å²) in [6, 6.07) is 0. The van der Waals surface area contributed by atoms with Gasteiger partial charge in [-0.05, 0) is 51.4 Å². The lowest BCUT2D eigenvalue weighted by Gasteiger charge is -2.18. The van der Waals surface area contributed by atoms with E-state index in [0.717, 1.165) is 51.4 Å². The molecular weight excluding hydrogens is 328 g/mol. The van der Waals surface area contributed by atoms with Crippen molar-refractivity contribution in [1.82, 2.24) is 0 Å². The predicted octanol–water partition coefficient (Wildman–Crippen LogP) is 6.26. The van der Waals surface area contributed by atoms with Crippen molar-refractivity contribution in [2.45, 2.75) is 97.2 Å². The van der Waals surface area contributed by atoms with Gasteiger partial charge in [-0.1, -0.05) is 51.0 Å². The Labute approximate surface area is 160 Å². The van der Waals surface area contributed by atoms with E-state index in [1.54, 1.807) is 0 Å². The normalized spacial score (nSPS) is 12.0. The van der Waals surface area contributed by atoms with Gasteiger partial charge in [0.2, 0.25) is 0 Å². The summed E-state index contributed by atoms with van der Waals surface area (Å²) in [5.74, 6) is -0.798. The largest absolute Gasteiger partial charge is 0.481 e. The molecule has 26 heavy (non-hydrogen) atoms. The summed E-state index contributed by atoms with van der Waals surface area (Å²) in [6.45, 7) is 5.57. The van der Waals surface area contributed by atoms with Gasteiger partial charge in [0, 0.05) is 19.6 Å². The number of rotatable bonds is 19. The molecule has 0 heterocycles. The van der Waals surface area contributed by atoms with Crippen molar-refractivity contribution in [2.75, 3.05) is 13.2 Å². The van der Waals surface area contributed by atoms with Crippen molar-refractivity contribution in [3.05, 3.63) is 24.3 Å². The molecule has 0 amide bonds. The first-order chi connectivity index (χ1) is 12.7. The van der Waals surface area contributed by atoms with Gasteiger partial charge in [-0.2, -0.15) is 0 Å². The molecule has 0 aliphatic heterocycles. The molecule has 0 unspecified atom stereocenters. The molecule has 0 aromatic rings. The van der Waals surface area contributed by atoms with Crippen molar-refractivity contribution in [3.8, 4) is 0 Å². The van der Waals surface area contributed by atoms with E-state index in [9.17, 15) is 4.79 Å². The quantitative estimate of drug-likeness (QED) is 0.166. The van der Waals surface area contributed by atoms with Gasteiger partial charge >= 0.3 is 5.97 Å². The second-order valence-electron chi connectivity index (χ2n) is 6.56. The number of allylic oxidation sites excluding steroid dienone is 4. The summed E-state index contributed by atoms with van der Waals surface area (Å²) < 4.78 is 11.5. The van der Waals surface area contributed by atoms with Gasteiger partial charge in [0.1, 0.15) is 0 Å². The molecule has 0 bridgehead atoms. The second-order valence-corrected chi connectivity index (χ2v) is 6.56. The fourth-order valence-electron chi connectivity index (χ4n) is 2.54. The van der Waals surface area contributed by atoms with Crippen LogP contribution in [-0.4, -0.2) is 30.6 Å². The second kappa shape index (κ2) is 20.2. The van der Waals surface area contributed by atoms with Gasteiger partial charge < -0.3 is 14.6 Å². The van der Waals surface area contributed by atoms with Crippen LogP contribution in [0.25, 0.3) is 0 Å². The van der Waals surface area contributed by atoms with Crippen LogP contribution in [0.5, 0.6) is 0 Å². The van der Waals surface area contributed by atoms with E-state index in [4.69, 9.17) is 14.6 Å². The molecule has 0 spiro atoms. The van der Waals surface area contributed by atoms with Gasteiger partial charge in [-0.25, -0.2) is 0 Å². The molecule has 0 saturated heterocycles. The zero-order valence-electron chi connectivity index (χ0n) is 17.0. The van der Waals surface area contributed by atoms with E-state index in [1.807, 2.05) is 0 Å². The lowest BCUT2D eigenvalue weighted by atomic mass is 10.2. The lowest BCUT2D eigenvalue weighted by Crippen LogP contribution is -2.20. The number of hydrogen-bond acceptors (Lipinski definition) is 3. The van der Waals surface area contributed by atoms with Crippen LogP contribution in [0, 0.1) is 0 Å². The highest BCUT2D eigenvalue weighted by molar-refractivity contribution is 5.66. The van der Waals surface area contributed by atoms with E-state index in [0.29, 0.717) is 19.6 Å². The maximum Gasteiger partial charge on any atom is 0.303 e. The number of carboxylic acid groups (broad SMARTS) is 1. The average Bonchev–Trinajstić information content (AvgIpc) is 2.63. The van der Waals surface area contributed by atoms with E-state index in [-0.39, 0.29) is 12.7 Å². The molecule has 152 valence electrons. The van der Waals surface area contributed by atoms with E-state index < -0.39 is 5.97 Å². The van der Waals surface area contributed by atoms with Crippen LogP contribution in [0.4, 0.5) is 0 Å². The van der Waals surface area contributed by atoms with Crippen LogP contribution in [0.2, 0.25) is 0 Å². The SMILES string of the molecule is CC/C=C\CCCCCOC(CCC(=O)O)OCCCCC/C=C\CC. The molecule has 0 aromatic carbocycles. The summed E-state index contributed by atoms with van der Waals surface area (Å²) in [6.07, 6.45) is 20.0. The van der Waals surface area contributed by atoms with Gasteiger partial charge in [-0.15, -0.1) is 0 Å². The monoisotopic (exact) mass is 368 g/mol. The van der Waals surface area contributed by atoms with E-state index in [1.165, 1.54) is 12.8 Å². The summed E-state index contributed by atoms with van der Waals surface area (Å²) in [5, 5.41) is 8.86. The Morgan fingerprint density at radius 3 is 1.73 bits per heavy atom. The van der Waals surface area contributed by atoms with Crippen molar-refractivity contribution < 1.29 is 19.4 Å². The molecule has 0 aromatic heterocycles. The van der Waals surface area contributed by atoms with Gasteiger partial charge in [-0.3, -0.25) is 4.79 Å². The first-order valence-electron chi connectivity index (χ1n) is 10.5. The number of aliphatic carboxylic acids is 1. The Morgan fingerprint density at radius 2 is 1.31 bits per heavy atom.